The summed E-state index contributed by atoms with van der Waals surface area (Å²) < 4.78 is 11.1. The second-order valence-corrected chi connectivity index (χ2v) is 5.58. The van der Waals surface area contributed by atoms with Gasteiger partial charge in [0.2, 0.25) is 5.91 Å². The van der Waals surface area contributed by atoms with Crippen LogP contribution in [0, 0.1) is 5.41 Å². The van der Waals surface area contributed by atoms with Gasteiger partial charge in [-0.15, -0.1) is 0 Å². The minimum Gasteiger partial charge on any atom is -0.490 e. The summed E-state index contributed by atoms with van der Waals surface area (Å²) in [6.45, 7) is 11.2. The molecule has 0 aliphatic rings. The van der Waals surface area contributed by atoms with Crippen LogP contribution in [-0.2, 0) is 11.3 Å². The first-order chi connectivity index (χ1) is 9.38. The number of hydrogen-bond acceptors (Lipinski definition) is 3. The lowest BCUT2D eigenvalue weighted by molar-refractivity contribution is -0.128. The van der Waals surface area contributed by atoms with E-state index in [9.17, 15) is 4.79 Å². The lowest BCUT2D eigenvalue weighted by Crippen LogP contribution is -2.34. The number of rotatable bonds is 6. The zero-order valence-electron chi connectivity index (χ0n) is 13.1. The van der Waals surface area contributed by atoms with Gasteiger partial charge >= 0.3 is 0 Å². The van der Waals surface area contributed by atoms with E-state index in [1.165, 1.54) is 0 Å². The standard InChI is InChI=1S/C16H25NO3/c1-6-19-13-9-8-12(10-14(13)20-7-2)11-17-15(18)16(3,4)5/h8-10H,6-7,11H2,1-5H3,(H,17,18). The van der Waals surface area contributed by atoms with Crippen molar-refractivity contribution in [3.8, 4) is 11.5 Å². The molecule has 1 rings (SSSR count). The van der Waals surface area contributed by atoms with Crippen molar-refractivity contribution >= 4 is 5.91 Å². The van der Waals surface area contributed by atoms with Gasteiger partial charge in [0.1, 0.15) is 0 Å². The van der Waals surface area contributed by atoms with Crippen molar-refractivity contribution in [2.75, 3.05) is 13.2 Å². The summed E-state index contributed by atoms with van der Waals surface area (Å²) >= 11 is 0. The molecule has 0 fully saturated rings. The Bertz CT molecular complexity index is 450. The Morgan fingerprint density at radius 1 is 1.10 bits per heavy atom. The highest BCUT2D eigenvalue weighted by Gasteiger charge is 2.20. The molecule has 1 N–H and O–H groups in total. The molecule has 112 valence electrons. The van der Waals surface area contributed by atoms with E-state index >= 15 is 0 Å². The molecular formula is C16H25NO3. The normalized spacial score (nSPS) is 11.1. The first-order valence-electron chi connectivity index (χ1n) is 7.05. The number of ether oxygens (including phenoxy) is 2. The number of nitrogens with one attached hydrogen (secondary N) is 1. The molecule has 0 heterocycles. The maximum Gasteiger partial charge on any atom is 0.225 e. The summed E-state index contributed by atoms with van der Waals surface area (Å²) in [6.07, 6.45) is 0. The molecule has 4 nitrogen and oxygen atoms in total. The van der Waals surface area contributed by atoms with Crippen LogP contribution in [0.25, 0.3) is 0 Å². The monoisotopic (exact) mass is 279 g/mol. The van der Waals surface area contributed by atoms with Gasteiger partial charge in [-0.2, -0.15) is 0 Å². The predicted molar refractivity (Wildman–Crippen MR) is 80.1 cm³/mol. The van der Waals surface area contributed by atoms with E-state index in [0.29, 0.717) is 19.8 Å². The zero-order valence-corrected chi connectivity index (χ0v) is 13.1. The van der Waals surface area contributed by atoms with Gasteiger partial charge in [0, 0.05) is 12.0 Å². The molecule has 0 radical (unpaired) electrons. The first kappa shape index (κ1) is 16.3. The Morgan fingerprint density at radius 2 is 1.70 bits per heavy atom. The van der Waals surface area contributed by atoms with Crippen LogP contribution in [0.3, 0.4) is 0 Å². The van der Waals surface area contributed by atoms with Gasteiger partial charge in [-0.3, -0.25) is 4.79 Å². The molecule has 20 heavy (non-hydrogen) atoms. The fourth-order valence-electron chi connectivity index (χ4n) is 1.65. The van der Waals surface area contributed by atoms with E-state index in [4.69, 9.17) is 9.47 Å². The van der Waals surface area contributed by atoms with Crippen molar-refractivity contribution in [2.24, 2.45) is 5.41 Å². The van der Waals surface area contributed by atoms with E-state index in [1.54, 1.807) is 0 Å². The summed E-state index contributed by atoms with van der Waals surface area (Å²) in [6, 6.07) is 5.74. The van der Waals surface area contributed by atoms with Crippen LogP contribution in [0.1, 0.15) is 40.2 Å². The molecule has 0 spiro atoms. The van der Waals surface area contributed by atoms with E-state index < -0.39 is 0 Å². The zero-order chi connectivity index (χ0) is 15.2. The Kier molecular flexibility index (Phi) is 5.86. The highest BCUT2D eigenvalue weighted by atomic mass is 16.5. The number of benzene rings is 1. The van der Waals surface area contributed by atoms with Crippen LogP contribution >= 0.6 is 0 Å². The third-order valence-electron chi connectivity index (χ3n) is 2.74. The highest BCUT2D eigenvalue weighted by Crippen LogP contribution is 2.28. The van der Waals surface area contributed by atoms with E-state index in [1.807, 2.05) is 52.8 Å². The largest absolute Gasteiger partial charge is 0.490 e. The SMILES string of the molecule is CCOc1ccc(CNC(=O)C(C)(C)C)cc1OCC. The fraction of sp³-hybridized carbons (Fsp3) is 0.562. The van der Waals surface area contributed by atoms with Crippen LogP contribution in [-0.4, -0.2) is 19.1 Å². The van der Waals surface area contributed by atoms with E-state index in [2.05, 4.69) is 5.32 Å². The Hall–Kier alpha value is -1.71. The second-order valence-electron chi connectivity index (χ2n) is 5.58. The van der Waals surface area contributed by atoms with Crippen molar-refractivity contribution < 1.29 is 14.3 Å². The average Bonchev–Trinajstić information content (AvgIpc) is 2.38. The van der Waals surface area contributed by atoms with Crippen molar-refractivity contribution in [3.63, 3.8) is 0 Å². The van der Waals surface area contributed by atoms with E-state index in [-0.39, 0.29) is 11.3 Å². The molecule has 0 saturated heterocycles. The molecule has 0 bridgehead atoms. The van der Waals surface area contributed by atoms with Gasteiger partial charge in [-0.05, 0) is 31.5 Å². The van der Waals surface area contributed by atoms with Gasteiger partial charge in [0.05, 0.1) is 13.2 Å². The molecule has 0 unspecified atom stereocenters. The maximum absolute atomic E-state index is 11.9. The molecule has 1 aromatic rings. The van der Waals surface area contributed by atoms with E-state index in [0.717, 1.165) is 17.1 Å². The van der Waals surface area contributed by atoms with Crippen molar-refractivity contribution in [1.29, 1.82) is 0 Å². The molecule has 0 aliphatic carbocycles. The highest BCUT2D eigenvalue weighted by molar-refractivity contribution is 5.81. The van der Waals surface area contributed by atoms with Gasteiger partial charge in [0.25, 0.3) is 0 Å². The quantitative estimate of drug-likeness (QED) is 0.870. The summed E-state index contributed by atoms with van der Waals surface area (Å²) in [5, 5.41) is 2.92. The molecule has 1 amide bonds. The summed E-state index contributed by atoms with van der Waals surface area (Å²) in [5.74, 6) is 1.49. The van der Waals surface area contributed by atoms with Crippen molar-refractivity contribution in [1.82, 2.24) is 5.32 Å². The van der Waals surface area contributed by atoms with Gasteiger partial charge < -0.3 is 14.8 Å². The molecule has 0 saturated carbocycles. The lowest BCUT2D eigenvalue weighted by Gasteiger charge is -2.18. The molecular weight excluding hydrogens is 254 g/mol. The topological polar surface area (TPSA) is 47.6 Å². The Morgan fingerprint density at radius 3 is 2.25 bits per heavy atom. The molecule has 0 aliphatic heterocycles. The van der Waals surface area contributed by atoms with Gasteiger partial charge in [-0.25, -0.2) is 0 Å². The molecule has 0 atom stereocenters. The molecule has 1 aromatic carbocycles. The summed E-state index contributed by atoms with van der Waals surface area (Å²) in [5.41, 5.74) is 0.614. The molecule has 0 aromatic heterocycles. The Labute approximate surface area is 121 Å². The smallest absolute Gasteiger partial charge is 0.225 e. The third-order valence-corrected chi connectivity index (χ3v) is 2.74. The van der Waals surface area contributed by atoms with Crippen molar-refractivity contribution in [2.45, 2.75) is 41.2 Å². The summed E-state index contributed by atoms with van der Waals surface area (Å²) in [4.78, 5) is 11.9. The minimum atomic E-state index is -0.381. The van der Waals surface area contributed by atoms with Crippen LogP contribution in [0.2, 0.25) is 0 Å². The summed E-state index contributed by atoms with van der Waals surface area (Å²) in [7, 11) is 0. The predicted octanol–water partition coefficient (Wildman–Crippen LogP) is 3.15. The number of carbonyl (C=O) groups excluding carboxylic acids is 1. The van der Waals surface area contributed by atoms with Crippen LogP contribution in [0.15, 0.2) is 18.2 Å². The van der Waals surface area contributed by atoms with Crippen LogP contribution in [0.4, 0.5) is 0 Å². The third kappa shape index (κ3) is 4.76. The number of hydrogen-bond donors (Lipinski definition) is 1. The van der Waals surface area contributed by atoms with Gasteiger partial charge in [-0.1, -0.05) is 26.8 Å². The average molecular weight is 279 g/mol. The second kappa shape index (κ2) is 7.17. The minimum absolute atomic E-state index is 0.0318. The number of carbonyl (C=O) groups is 1. The molecule has 4 heteroatoms. The van der Waals surface area contributed by atoms with Crippen molar-refractivity contribution in [3.05, 3.63) is 23.8 Å². The fourth-order valence-corrected chi connectivity index (χ4v) is 1.65. The lowest BCUT2D eigenvalue weighted by atomic mass is 9.95. The maximum atomic E-state index is 11.9. The van der Waals surface area contributed by atoms with Crippen LogP contribution < -0.4 is 14.8 Å². The van der Waals surface area contributed by atoms with Crippen LogP contribution in [0.5, 0.6) is 11.5 Å². The number of amides is 1. The first-order valence-corrected chi connectivity index (χ1v) is 7.05. The Balaban J connectivity index is 2.76. The van der Waals surface area contributed by atoms with Gasteiger partial charge in [0.15, 0.2) is 11.5 Å².